The van der Waals surface area contributed by atoms with Gasteiger partial charge in [0.2, 0.25) is 0 Å². The Hall–Kier alpha value is -8.82. The quantitative estimate of drug-likeness (QED) is 0.0155. The molecule has 25 heteroatoms. The van der Waals surface area contributed by atoms with Crippen molar-refractivity contribution in [3.8, 4) is 73.6 Å². The molecule has 104 heavy (non-hydrogen) atoms. The highest BCUT2D eigenvalue weighted by molar-refractivity contribution is 7.48. The van der Waals surface area contributed by atoms with E-state index >= 15 is 0 Å². The summed E-state index contributed by atoms with van der Waals surface area (Å²) in [6, 6.07) is 47.2. The highest BCUT2D eigenvalue weighted by atomic mass is 31.2. The van der Waals surface area contributed by atoms with Gasteiger partial charge in [-0.25, -0.2) is 9.55 Å². The van der Waals surface area contributed by atoms with Gasteiger partial charge in [0.25, 0.3) is 5.91 Å². The number of benzene rings is 9. The fourth-order valence-electron chi connectivity index (χ4n) is 11.8. The zero-order valence-corrected chi connectivity index (χ0v) is 59.9. The lowest BCUT2D eigenvalue weighted by Gasteiger charge is -2.21. The first-order chi connectivity index (χ1) is 51.1. The Kier molecular flexibility index (Phi) is 29.3. The van der Waals surface area contributed by atoms with E-state index in [9.17, 15) is 19.0 Å². The molecule has 1 amide bonds. The fraction of sp³-hybridized carbons (Fsp3) is 0.380. The second kappa shape index (κ2) is 39.9. The monoisotopic (exact) mass is 1450 g/mol. The van der Waals surface area contributed by atoms with Crippen LogP contribution in [0.4, 0.5) is 5.69 Å². The number of nitrogens with zero attached hydrogens (tertiary/aromatic N) is 2. The third-order valence-corrected chi connectivity index (χ3v) is 17.7. The number of aromatic nitrogens is 1. The van der Waals surface area contributed by atoms with Gasteiger partial charge in [0, 0.05) is 70.5 Å². The Morgan fingerprint density at radius 2 is 0.913 bits per heavy atom. The summed E-state index contributed by atoms with van der Waals surface area (Å²) in [7, 11) is -3.13. The van der Waals surface area contributed by atoms with E-state index in [1.807, 2.05) is 127 Å². The van der Waals surface area contributed by atoms with Gasteiger partial charge >= 0.3 is 7.82 Å². The van der Waals surface area contributed by atoms with Crippen LogP contribution in [0.15, 0.2) is 161 Å². The van der Waals surface area contributed by atoms with Gasteiger partial charge in [-0.1, -0.05) is 72.8 Å². The van der Waals surface area contributed by atoms with Gasteiger partial charge in [-0.3, -0.25) is 14.5 Å². The van der Waals surface area contributed by atoms with E-state index in [0.29, 0.717) is 231 Å². The Bertz CT molecular complexity index is 4440. The molecular weight excluding hydrogens is 1360 g/mol. The Balaban J connectivity index is 0.446. The molecule has 24 nitrogen and oxygen atoms in total. The summed E-state index contributed by atoms with van der Waals surface area (Å²) in [5.74, 6) is 2.30. The molecule has 0 fully saturated rings. The SMILES string of the molecule is CCN(CC)c1ccc2nc3c4cc(OCC(=O)NCCOCCOCCOCCOCCOCCOCCOCCOCCOCCOCCOCCOc5ccc(-c6cc7ccccc7c7c6OP(=O)(O)Oc6c(-c8ccc(OC)cc8)cc8ccccc8c6-7)cc5)ccc4c(=O)cc-3oc2c1. The molecule has 8 aromatic carbocycles. The van der Waals surface area contributed by atoms with Crippen molar-refractivity contribution in [3.63, 3.8) is 0 Å². The smallest absolute Gasteiger partial charge is 0.497 e. The Labute approximate surface area is 604 Å². The molecule has 1 aliphatic carbocycles. The van der Waals surface area contributed by atoms with Crippen LogP contribution in [0, 0.1) is 0 Å². The predicted octanol–water partition coefficient (Wildman–Crippen LogP) is 12.2. The lowest BCUT2D eigenvalue weighted by atomic mass is 9.86. The van der Waals surface area contributed by atoms with E-state index in [1.165, 1.54) is 6.07 Å². The van der Waals surface area contributed by atoms with Crippen LogP contribution in [0.3, 0.4) is 0 Å². The molecule has 552 valence electrons. The van der Waals surface area contributed by atoms with Gasteiger partial charge < -0.3 is 90.0 Å². The number of carbonyl (C=O) groups is 1. The number of anilines is 1. The van der Waals surface area contributed by atoms with Gasteiger partial charge in [-0.15, -0.1) is 0 Å². The number of amides is 1. The van der Waals surface area contributed by atoms with E-state index in [-0.39, 0.29) is 29.4 Å². The molecular formula is C79H90N3O21P. The van der Waals surface area contributed by atoms with Crippen LogP contribution in [-0.2, 0) is 61.5 Å². The van der Waals surface area contributed by atoms with E-state index in [4.69, 9.17) is 84.8 Å². The van der Waals surface area contributed by atoms with Crippen LogP contribution in [-0.4, -0.2) is 201 Å². The fourth-order valence-corrected chi connectivity index (χ4v) is 12.7. The van der Waals surface area contributed by atoms with E-state index in [1.54, 1.807) is 25.3 Å². The minimum absolute atomic E-state index is 0.191. The van der Waals surface area contributed by atoms with Gasteiger partial charge in [0.15, 0.2) is 23.4 Å². The lowest BCUT2D eigenvalue weighted by Crippen LogP contribution is -2.31. The largest absolute Gasteiger partial charge is 0.584 e. The third-order valence-electron chi connectivity index (χ3n) is 16.9. The predicted molar refractivity (Wildman–Crippen MR) is 396 cm³/mol. The van der Waals surface area contributed by atoms with Crippen LogP contribution >= 0.6 is 7.82 Å². The molecule has 2 aliphatic heterocycles. The maximum absolute atomic E-state index is 14.1. The van der Waals surface area contributed by atoms with Gasteiger partial charge in [0.05, 0.1) is 152 Å². The number of hydrogen-bond donors (Lipinski definition) is 2. The molecule has 0 bridgehead atoms. The number of rotatable bonds is 46. The van der Waals surface area contributed by atoms with E-state index < -0.39 is 7.82 Å². The number of methoxy groups -OCH3 is 1. The number of phosphoric ester groups is 1. The summed E-state index contributed by atoms with van der Waals surface area (Å²) >= 11 is 0. The first kappa shape index (κ1) is 76.3. The second-order valence-electron chi connectivity index (χ2n) is 23.8. The molecule has 0 saturated heterocycles. The van der Waals surface area contributed by atoms with Crippen molar-refractivity contribution in [2.24, 2.45) is 0 Å². The lowest BCUT2D eigenvalue weighted by molar-refractivity contribution is -0.123. The number of ether oxygens (including phenoxy) is 14. The van der Waals surface area contributed by atoms with Crippen LogP contribution in [0.25, 0.3) is 88.3 Å². The zero-order chi connectivity index (χ0) is 72.1. The van der Waals surface area contributed by atoms with Crippen molar-refractivity contribution >= 4 is 62.8 Å². The minimum atomic E-state index is -4.74. The number of carbonyl (C=O) groups excluding carboxylic acids is 1. The number of hydrogen-bond acceptors (Lipinski definition) is 22. The summed E-state index contributed by atoms with van der Waals surface area (Å²) in [5, 5.41) is 7.37. The third kappa shape index (κ3) is 21.4. The van der Waals surface area contributed by atoms with Crippen molar-refractivity contribution in [1.82, 2.24) is 10.3 Å². The summed E-state index contributed by atoms with van der Waals surface area (Å²) in [5.41, 5.74) is 6.74. The van der Waals surface area contributed by atoms with Gasteiger partial charge in [-0.05, 0) is 113 Å². The Morgan fingerprint density at radius 1 is 0.471 bits per heavy atom. The summed E-state index contributed by atoms with van der Waals surface area (Å²) in [6.45, 7) is 15.5. The molecule has 2 heterocycles. The zero-order valence-electron chi connectivity index (χ0n) is 59.0. The van der Waals surface area contributed by atoms with E-state index in [0.717, 1.165) is 51.4 Å². The standard InChI is InChI=1S/C79H90N3O21P/c1-4-82(5-2)60-18-25-70-72(52-60)101-73-54-71(83)66-24-23-63(53-69(66)77(73)81-70)100-55-74(84)80-26-27-88-28-29-89-30-31-90-32-33-91-34-35-92-36-37-93-38-39-94-40-41-95-42-43-96-44-45-97-46-47-98-48-49-99-62-21-16-57(17-22-62)68-51-59-11-7-9-13-65(59)76-75-64-12-8-6-10-58(64)50-67(56-14-19-61(87-3)20-15-56)78(75)102-104(85,86)103-79(68)76/h6-25,50-54H,4-5,26-49,55H2,1-3H3,(H,80,84)(H,85,86). The topological polar surface area (TPSA) is 260 Å². The van der Waals surface area contributed by atoms with Crippen LogP contribution in [0.2, 0.25) is 0 Å². The molecule has 3 aliphatic rings. The summed E-state index contributed by atoms with van der Waals surface area (Å²) in [6.07, 6.45) is 0. The maximum atomic E-state index is 14.1. The Morgan fingerprint density at radius 3 is 1.38 bits per heavy atom. The summed E-state index contributed by atoms with van der Waals surface area (Å²) in [4.78, 5) is 44.0. The summed E-state index contributed by atoms with van der Waals surface area (Å²) < 4.78 is 111. The number of fused-ring (bicyclic) bond motifs is 11. The molecule has 0 radical (unpaired) electrons. The van der Waals surface area contributed by atoms with Crippen molar-refractivity contribution in [3.05, 3.63) is 162 Å². The molecule has 0 spiro atoms. The molecule has 1 atom stereocenters. The minimum Gasteiger partial charge on any atom is -0.497 e. The molecule has 1 unspecified atom stereocenters. The van der Waals surface area contributed by atoms with Crippen molar-refractivity contribution in [1.29, 1.82) is 0 Å². The van der Waals surface area contributed by atoms with Crippen LogP contribution < -0.4 is 38.9 Å². The maximum Gasteiger partial charge on any atom is 0.584 e. The molecule has 2 N–H and O–H groups in total. The first-order valence-corrected chi connectivity index (χ1v) is 36.6. The molecule has 0 aromatic heterocycles. The average molecular weight is 1450 g/mol. The van der Waals surface area contributed by atoms with E-state index in [2.05, 4.69) is 24.1 Å². The second-order valence-corrected chi connectivity index (χ2v) is 25.1. The van der Waals surface area contributed by atoms with Crippen LogP contribution in [0.1, 0.15) is 13.8 Å². The highest BCUT2D eigenvalue weighted by Crippen LogP contribution is 2.61. The van der Waals surface area contributed by atoms with Crippen molar-refractivity contribution in [2.75, 3.05) is 190 Å². The first-order valence-electron chi connectivity index (χ1n) is 35.1. The van der Waals surface area contributed by atoms with Crippen molar-refractivity contribution < 1.29 is 94.0 Å². The number of nitrogens with one attached hydrogen (secondary N) is 1. The molecule has 8 aromatic rings. The molecule has 11 rings (SSSR count). The average Bonchev–Trinajstić information content (AvgIpc) is 1.40. The van der Waals surface area contributed by atoms with Crippen LogP contribution in [0.5, 0.6) is 28.7 Å². The highest BCUT2D eigenvalue weighted by Gasteiger charge is 2.38. The number of phosphoric acid groups is 1. The van der Waals surface area contributed by atoms with Gasteiger partial charge in [-0.2, -0.15) is 0 Å². The van der Waals surface area contributed by atoms with Crippen molar-refractivity contribution in [2.45, 2.75) is 13.8 Å². The van der Waals surface area contributed by atoms with Gasteiger partial charge in [0.1, 0.15) is 46.6 Å². The molecule has 0 saturated carbocycles. The normalized spacial score (nSPS) is 13.4.